The van der Waals surface area contributed by atoms with E-state index in [0.29, 0.717) is 5.92 Å². The third-order valence-electron chi connectivity index (χ3n) is 3.07. The Morgan fingerprint density at radius 3 is 2.91 bits per heavy atom. The molecule has 1 aliphatic heterocycles. The molecule has 0 amide bonds. The van der Waals surface area contributed by atoms with Gasteiger partial charge in [-0.15, -0.1) is 0 Å². The van der Waals surface area contributed by atoms with Gasteiger partial charge in [-0.25, -0.2) is 0 Å². The van der Waals surface area contributed by atoms with Crippen molar-refractivity contribution in [3.63, 3.8) is 0 Å². The van der Waals surface area contributed by atoms with Gasteiger partial charge in [0, 0.05) is 12.5 Å². The van der Waals surface area contributed by atoms with Crippen molar-refractivity contribution in [2.75, 3.05) is 6.61 Å². The minimum absolute atomic E-state index is 0.207. The molecule has 3 unspecified atom stereocenters. The molecule has 1 aliphatic carbocycles. The predicted octanol–water partition coefficient (Wildman–Crippen LogP) is 0.886. The van der Waals surface area contributed by atoms with Gasteiger partial charge >= 0.3 is 5.97 Å². The van der Waals surface area contributed by atoms with Crippen LogP contribution in [0.15, 0.2) is 0 Å². The first kappa shape index (κ1) is 7.10. The second-order valence-electron chi connectivity index (χ2n) is 3.37. The maximum Gasteiger partial charge on any atom is 0.309 e. The molecule has 1 saturated heterocycles. The third-order valence-corrected chi connectivity index (χ3v) is 3.07. The van der Waals surface area contributed by atoms with Crippen molar-refractivity contribution in [3.05, 3.63) is 0 Å². The summed E-state index contributed by atoms with van der Waals surface area (Å²) in [5.41, 5.74) is -0.258. The standard InChI is InChI=1S/C8H12O3/c1-2-8-5(3-4-11-8)6(8)7(9)10/h5-6H,2-4H2,1H3,(H,9,10). The molecular formula is C8H12O3. The van der Waals surface area contributed by atoms with Gasteiger partial charge < -0.3 is 9.84 Å². The van der Waals surface area contributed by atoms with E-state index in [-0.39, 0.29) is 11.5 Å². The van der Waals surface area contributed by atoms with Crippen molar-refractivity contribution in [1.29, 1.82) is 0 Å². The van der Waals surface area contributed by atoms with E-state index in [2.05, 4.69) is 0 Å². The van der Waals surface area contributed by atoms with Crippen LogP contribution in [0.4, 0.5) is 0 Å². The van der Waals surface area contributed by atoms with Crippen LogP contribution in [0.1, 0.15) is 19.8 Å². The van der Waals surface area contributed by atoms with Gasteiger partial charge in [-0.1, -0.05) is 6.92 Å². The predicted molar refractivity (Wildman–Crippen MR) is 38.2 cm³/mol. The molecule has 0 radical (unpaired) electrons. The molecule has 2 rings (SSSR count). The van der Waals surface area contributed by atoms with Gasteiger partial charge in [0.25, 0.3) is 0 Å². The fourth-order valence-corrected chi connectivity index (χ4v) is 2.44. The fraction of sp³-hybridized carbons (Fsp3) is 0.875. The zero-order chi connectivity index (χ0) is 8.06. The van der Waals surface area contributed by atoms with Crippen LogP contribution >= 0.6 is 0 Å². The highest BCUT2D eigenvalue weighted by Crippen LogP contribution is 2.61. The fourth-order valence-electron chi connectivity index (χ4n) is 2.44. The number of ether oxygens (including phenoxy) is 1. The first-order chi connectivity index (χ1) is 5.22. The summed E-state index contributed by atoms with van der Waals surface area (Å²) in [4.78, 5) is 10.7. The van der Waals surface area contributed by atoms with Crippen molar-refractivity contribution >= 4 is 5.97 Å². The van der Waals surface area contributed by atoms with Crippen LogP contribution in [0, 0.1) is 11.8 Å². The second-order valence-corrected chi connectivity index (χ2v) is 3.37. The summed E-state index contributed by atoms with van der Waals surface area (Å²) < 4.78 is 5.46. The molecule has 2 fully saturated rings. The zero-order valence-corrected chi connectivity index (χ0v) is 6.54. The molecule has 0 spiro atoms. The number of carboxylic acid groups (broad SMARTS) is 1. The number of carbonyl (C=O) groups is 1. The molecule has 1 N–H and O–H groups in total. The third kappa shape index (κ3) is 0.692. The zero-order valence-electron chi connectivity index (χ0n) is 6.54. The van der Waals surface area contributed by atoms with Crippen molar-refractivity contribution in [2.45, 2.75) is 25.4 Å². The molecule has 3 heteroatoms. The first-order valence-electron chi connectivity index (χ1n) is 4.09. The van der Waals surface area contributed by atoms with Gasteiger partial charge in [-0.2, -0.15) is 0 Å². The quantitative estimate of drug-likeness (QED) is 0.645. The molecule has 11 heavy (non-hydrogen) atoms. The lowest BCUT2D eigenvalue weighted by Crippen LogP contribution is -2.18. The molecule has 0 aromatic heterocycles. The van der Waals surface area contributed by atoms with Crippen LogP contribution in [0.5, 0.6) is 0 Å². The Morgan fingerprint density at radius 1 is 1.82 bits per heavy atom. The molecular weight excluding hydrogens is 144 g/mol. The summed E-state index contributed by atoms with van der Waals surface area (Å²) in [5.74, 6) is -0.581. The van der Waals surface area contributed by atoms with Gasteiger partial charge in [0.1, 0.15) is 0 Å². The molecule has 1 heterocycles. The molecule has 0 bridgehead atoms. The van der Waals surface area contributed by atoms with E-state index in [0.717, 1.165) is 19.4 Å². The van der Waals surface area contributed by atoms with Crippen molar-refractivity contribution in [1.82, 2.24) is 0 Å². The highest BCUT2D eigenvalue weighted by Gasteiger charge is 2.71. The van der Waals surface area contributed by atoms with E-state index in [1.165, 1.54) is 0 Å². The number of carboxylic acids is 1. The van der Waals surface area contributed by atoms with Gasteiger partial charge in [0.2, 0.25) is 0 Å². The van der Waals surface area contributed by atoms with Gasteiger partial charge in [0.05, 0.1) is 11.5 Å². The van der Waals surface area contributed by atoms with Crippen molar-refractivity contribution in [3.8, 4) is 0 Å². The van der Waals surface area contributed by atoms with E-state index in [1.54, 1.807) is 0 Å². The Balaban J connectivity index is 2.15. The normalized spacial score (nSPS) is 47.0. The second kappa shape index (κ2) is 1.97. The van der Waals surface area contributed by atoms with E-state index in [9.17, 15) is 4.79 Å². The van der Waals surface area contributed by atoms with Crippen molar-refractivity contribution < 1.29 is 14.6 Å². The Bertz CT molecular complexity index is 202. The first-order valence-corrected chi connectivity index (χ1v) is 4.09. The SMILES string of the molecule is CCC12OCCC1C2C(=O)O. The monoisotopic (exact) mass is 156 g/mol. The number of hydrogen-bond acceptors (Lipinski definition) is 2. The summed E-state index contributed by atoms with van der Waals surface area (Å²) in [6, 6.07) is 0. The molecule has 1 saturated carbocycles. The Kier molecular flexibility index (Phi) is 1.27. The van der Waals surface area contributed by atoms with E-state index in [1.807, 2.05) is 6.92 Å². The molecule has 2 aliphatic rings. The average molecular weight is 156 g/mol. The van der Waals surface area contributed by atoms with Gasteiger partial charge in [-0.3, -0.25) is 4.79 Å². The minimum atomic E-state index is -0.684. The molecule has 0 aromatic carbocycles. The Hall–Kier alpha value is -0.570. The van der Waals surface area contributed by atoms with Gasteiger partial charge in [-0.05, 0) is 12.8 Å². The number of hydrogen-bond donors (Lipinski definition) is 1. The smallest absolute Gasteiger partial charge is 0.309 e. The summed E-state index contributed by atoms with van der Waals surface area (Å²) in [7, 11) is 0. The molecule has 3 atom stereocenters. The van der Waals surface area contributed by atoms with Crippen LogP contribution in [-0.2, 0) is 9.53 Å². The largest absolute Gasteiger partial charge is 0.481 e. The van der Waals surface area contributed by atoms with E-state index >= 15 is 0 Å². The van der Waals surface area contributed by atoms with Gasteiger partial charge in [0.15, 0.2) is 0 Å². The summed E-state index contributed by atoms with van der Waals surface area (Å²) in [6.45, 7) is 2.75. The lowest BCUT2D eigenvalue weighted by molar-refractivity contribution is -0.141. The van der Waals surface area contributed by atoms with Crippen LogP contribution in [0.2, 0.25) is 0 Å². The highest BCUT2D eigenvalue weighted by atomic mass is 16.5. The van der Waals surface area contributed by atoms with Crippen LogP contribution < -0.4 is 0 Å². The Labute approximate surface area is 65.4 Å². The van der Waals surface area contributed by atoms with E-state index in [4.69, 9.17) is 9.84 Å². The van der Waals surface area contributed by atoms with Crippen molar-refractivity contribution in [2.24, 2.45) is 11.8 Å². The number of fused-ring (bicyclic) bond motifs is 1. The van der Waals surface area contributed by atoms with E-state index < -0.39 is 5.97 Å². The number of rotatable bonds is 2. The summed E-state index contributed by atoms with van der Waals surface area (Å²) >= 11 is 0. The molecule has 0 aromatic rings. The lowest BCUT2D eigenvalue weighted by atomic mass is 10.2. The highest BCUT2D eigenvalue weighted by molar-refractivity contribution is 5.77. The number of aliphatic carboxylic acids is 1. The van der Waals surface area contributed by atoms with Crippen LogP contribution in [-0.4, -0.2) is 23.3 Å². The van der Waals surface area contributed by atoms with Crippen LogP contribution in [0.25, 0.3) is 0 Å². The lowest BCUT2D eigenvalue weighted by Gasteiger charge is -2.10. The summed E-state index contributed by atoms with van der Waals surface area (Å²) in [6.07, 6.45) is 1.78. The maximum atomic E-state index is 10.7. The Morgan fingerprint density at radius 2 is 2.55 bits per heavy atom. The summed E-state index contributed by atoms with van der Waals surface area (Å²) in [5, 5.41) is 8.78. The molecule has 3 nitrogen and oxygen atoms in total. The average Bonchev–Trinajstić information content (AvgIpc) is 2.44. The topological polar surface area (TPSA) is 46.5 Å². The minimum Gasteiger partial charge on any atom is -0.481 e. The maximum absolute atomic E-state index is 10.7. The van der Waals surface area contributed by atoms with Crippen LogP contribution in [0.3, 0.4) is 0 Å². The molecule has 62 valence electrons.